The van der Waals surface area contributed by atoms with E-state index in [1.807, 2.05) is 38.1 Å². The number of rotatable bonds is 6. The zero-order valence-electron chi connectivity index (χ0n) is 16.1. The highest BCUT2D eigenvalue weighted by atomic mass is 35.5. The molecular weight excluding hydrogens is 421 g/mol. The maximum atomic E-state index is 12.7. The Labute approximate surface area is 175 Å². The van der Waals surface area contributed by atoms with Crippen LogP contribution in [0.4, 0.5) is 18.9 Å². The van der Waals surface area contributed by atoms with Crippen LogP contribution in [-0.4, -0.2) is 21.4 Å². The lowest BCUT2D eigenvalue weighted by atomic mass is 10.1. The number of aromatic nitrogens is 3. The molecule has 0 saturated carbocycles. The fourth-order valence-corrected chi connectivity index (χ4v) is 2.90. The summed E-state index contributed by atoms with van der Waals surface area (Å²) >= 11 is 6.19. The number of nitrogens with zero attached hydrogens (tertiary/aromatic N) is 3. The number of hydrogen-bond donors (Lipinski definition) is 1. The molecule has 0 aliphatic rings. The average molecular weight is 439 g/mol. The molecule has 2 heterocycles. The minimum atomic E-state index is -4.52. The predicted molar refractivity (Wildman–Crippen MR) is 107 cm³/mol. The van der Waals surface area contributed by atoms with E-state index in [0.29, 0.717) is 18.5 Å². The van der Waals surface area contributed by atoms with Gasteiger partial charge in [-0.3, -0.25) is 4.79 Å². The lowest BCUT2D eigenvalue weighted by Crippen LogP contribution is -2.24. The third kappa shape index (κ3) is 4.73. The summed E-state index contributed by atoms with van der Waals surface area (Å²) in [6.07, 6.45) is -2.56. The zero-order valence-corrected chi connectivity index (χ0v) is 16.8. The van der Waals surface area contributed by atoms with Gasteiger partial charge in [-0.2, -0.15) is 23.0 Å². The number of halogens is 4. The smallest absolute Gasteiger partial charge is 0.417 e. The van der Waals surface area contributed by atoms with E-state index < -0.39 is 17.3 Å². The maximum Gasteiger partial charge on any atom is 0.417 e. The van der Waals surface area contributed by atoms with Crippen molar-refractivity contribution >= 4 is 17.3 Å². The number of benzene rings is 1. The molecule has 3 aromatic rings. The highest BCUT2D eigenvalue weighted by Crippen LogP contribution is 2.29. The second kappa shape index (κ2) is 8.74. The van der Waals surface area contributed by atoms with Gasteiger partial charge >= 0.3 is 6.18 Å². The predicted octanol–water partition coefficient (Wildman–Crippen LogP) is 4.87. The van der Waals surface area contributed by atoms with Crippen LogP contribution in [-0.2, 0) is 6.18 Å². The summed E-state index contributed by atoms with van der Waals surface area (Å²) in [5.41, 5.74) is -0.394. The minimum absolute atomic E-state index is 0.0685. The molecule has 10 heteroatoms. The minimum Gasteiger partial charge on any atom is -0.494 e. The highest BCUT2D eigenvalue weighted by Gasteiger charge is 2.30. The van der Waals surface area contributed by atoms with Gasteiger partial charge in [0.1, 0.15) is 10.8 Å². The fraction of sp³-hybridized carbons (Fsp3) is 0.250. The van der Waals surface area contributed by atoms with Gasteiger partial charge in [-0.25, -0.2) is 4.98 Å². The fourth-order valence-electron chi connectivity index (χ4n) is 2.71. The summed E-state index contributed by atoms with van der Waals surface area (Å²) in [5.74, 6) is 0.681. The number of alkyl halides is 3. The monoisotopic (exact) mass is 438 g/mol. The van der Waals surface area contributed by atoms with Gasteiger partial charge in [-0.15, -0.1) is 0 Å². The van der Waals surface area contributed by atoms with Gasteiger partial charge in [0.05, 0.1) is 24.1 Å². The van der Waals surface area contributed by atoms with Gasteiger partial charge in [0.25, 0.3) is 5.56 Å². The Morgan fingerprint density at radius 2 is 1.87 bits per heavy atom. The van der Waals surface area contributed by atoms with E-state index >= 15 is 0 Å². The summed E-state index contributed by atoms with van der Waals surface area (Å²) in [5, 5.41) is 6.94. The van der Waals surface area contributed by atoms with Crippen molar-refractivity contribution in [3.8, 4) is 11.6 Å². The Balaban J connectivity index is 1.81. The number of ether oxygens (including phenoxy) is 1. The third-order valence-electron chi connectivity index (χ3n) is 4.27. The molecule has 1 atom stereocenters. The second-order valence-electron chi connectivity index (χ2n) is 6.36. The first-order chi connectivity index (χ1) is 14.2. The number of anilines is 1. The van der Waals surface area contributed by atoms with E-state index in [1.54, 1.807) is 0 Å². The molecule has 2 aromatic heterocycles. The van der Waals surface area contributed by atoms with E-state index in [4.69, 9.17) is 16.3 Å². The molecule has 30 heavy (non-hydrogen) atoms. The van der Waals surface area contributed by atoms with Crippen molar-refractivity contribution in [3.63, 3.8) is 0 Å². The summed E-state index contributed by atoms with van der Waals surface area (Å²) in [7, 11) is 0. The second-order valence-corrected chi connectivity index (χ2v) is 6.74. The van der Waals surface area contributed by atoms with Crippen molar-refractivity contribution in [2.45, 2.75) is 26.1 Å². The molecule has 0 amide bonds. The average Bonchev–Trinajstić information content (AvgIpc) is 2.72. The molecule has 0 saturated heterocycles. The van der Waals surface area contributed by atoms with Crippen molar-refractivity contribution in [1.82, 2.24) is 14.8 Å². The van der Waals surface area contributed by atoms with E-state index in [2.05, 4.69) is 15.4 Å². The number of hydrogen-bond acceptors (Lipinski definition) is 5. The Morgan fingerprint density at radius 1 is 1.17 bits per heavy atom. The van der Waals surface area contributed by atoms with Crippen molar-refractivity contribution in [3.05, 3.63) is 75.3 Å². The molecule has 158 valence electrons. The molecular formula is C20H18ClF3N4O2. The highest BCUT2D eigenvalue weighted by molar-refractivity contribution is 6.32. The summed E-state index contributed by atoms with van der Waals surface area (Å²) in [6.45, 7) is 4.35. The Morgan fingerprint density at radius 3 is 2.43 bits per heavy atom. The van der Waals surface area contributed by atoms with Crippen molar-refractivity contribution < 1.29 is 17.9 Å². The van der Waals surface area contributed by atoms with Gasteiger partial charge in [-0.1, -0.05) is 23.7 Å². The standard InChI is InChI=1S/C20H18ClF3N4O2/c1-3-30-15-7-4-13(5-8-15)12(2)27-16-11-26-28(19(29)18(16)21)17-9-6-14(10-25-17)20(22,23)24/h4-12,27H,3H2,1-2H3. The first-order valence-electron chi connectivity index (χ1n) is 9.01. The normalized spacial score (nSPS) is 12.5. The summed E-state index contributed by atoms with van der Waals surface area (Å²) in [6, 6.07) is 9.14. The maximum absolute atomic E-state index is 12.7. The molecule has 0 bridgehead atoms. The largest absolute Gasteiger partial charge is 0.494 e. The zero-order chi connectivity index (χ0) is 21.9. The van der Waals surface area contributed by atoms with Crippen molar-refractivity contribution in [2.24, 2.45) is 0 Å². The topological polar surface area (TPSA) is 69.0 Å². The first kappa shape index (κ1) is 21.6. The van der Waals surface area contributed by atoms with Gasteiger partial charge in [0.15, 0.2) is 5.82 Å². The Bertz CT molecular complexity index is 1070. The third-order valence-corrected chi connectivity index (χ3v) is 4.64. The van der Waals surface area contributed by atoms with Crippen LogP contribution in [0.25, 0.3) is 5.82 Å². The van der Waals surface area contributed by atoms with Crippen LogP contribution in [0.2, 0.25) is 5.02 Å². The van der Waals surface area contributed by atoms with Crippen LogP contribution in [0.1, 0.15) is 31.0 Å². The molecule has 6 nitrogen and oxygen atoms in total. The summed E-state index contributed by atoms with van der Waals surface area (Å²) < 4.78 is 44.3. The van der Waals surface area contributed by atoms with Gasteiger partial charge in [0.2, 0.25) is 0 Å². The molecule has 0 aliphatic carbocycles. The van der Waals surface area contributed by atoms with Gasteiger partial charge < -0.3 is 10.1 Å². The molecule has 0 spiro atoms. The van der Waals surface area contributed by atoms with Gasteiger partial charge in [0, 0.05) is 12.2 Å². The molecule has 0 fully saturated rings. The van der Waals surface area contributed by atoms with Crippen LogP contribution < -0.4 is 15.6 Å². The van der Waals surface area contributed by atoms with Crippen LogP contribution in [0.3, 0.4) is 0 Å². The SMILES string of the molecule is CCOc1ccc(C(C)Nc2cnn(-c3ccc(C(F)(F)F)cn3)c(=O)c2Cl)cc1. The summed E-state index contributed by atoms with van der Waals surface area (Å²) in [4.78, 5) is 16.2. The number of pyridine rings is 1. The Kier molecular flexibility index (Phi) is 6.31. The van der Waals surface area contributed by atoms with E-state index in [0.717, 1.165) is 28.1 Å². The molecule has 1 N–H and O–H groups in total. The molecule has 1 aromatic carbocycles. The van der Waals surface area contributed by atoms with Crippen LogP contribution in [0, 0.1) is 0 Å². The molecule has 1 unspecified atom stereocenters. The van der Waals surface area contributed by atoms with E-state index in [1.165, 1.54) is 6.20 Å². The molecule has 3 rings (SSSR count). The molecule has 0 radical (unpaired) electrons. The Hall–Kier alpha value is -3.07. The number of nitrogens with one attached hydrogen (secondary N) is 1. The van der Waals surface area contributed by atoms with E-state index in [9.17, 15) is 18.0 Å². The molecule has 0 aliphatic heterocycles. The lowest BCUT2D eigenvalue weighted by molar-refractivity contribution is -0.137. The van der Waals surface area contributed by atoms with E-state index in [-0.39, 0.29) is 16.9 Å². The van der Waals surface area contributed by atoms with Crippen molar-refractivity contribution in [2.75, 3.05) is 11.9 Å². The van der Waals surface area contributed by atoms with Gasteiger partial charge in [-0.05, 0) is 43.7 Å². The first-order valence-corrected chi connectivity index (χ1v) is 9.39. The van der Waals surface area contributed by atoms with Crippen LogP contribution in [0.5, 0.6) is 5.75 Å². The van der Waals surface area contributed by atoms with Crippen LogP contribution >= 0.6 is 11.6 Å². The quantitative estimate of drug-likeness (QED) is 0.594. The lowest BCUT2D eigenvalue weighted by Gasteiger charge is -2.17. The van der Waals surface area contributed by atoms with Crippen LogP contribution in [0.15, 0.2) is 53.6 Å². The van der Waals surface area contributed by atoms with Crippen molar-refractivity contribution in [1.29, 1.82) is 0 Å².